The Morgan fingerprint density at radius 3 is 2.40 bits per heavy atom. The Kier molecular flexibility index (Phi) is 8.91. The zero-order chi connectivity index (χ0) is 25.8. The summed E-state index contributed by atoms with van der Waals surface area (Å²) >= 11 is 13.5. The molecule has 0 spiro atoms. The Morgan fingerprint density at radius 2 is 1.80 bits per heavy atom. The minimum atomic E-state index is -0.940. The number of benzene rings is 2. The van der Waals surface area contributed by atoms with E-state index >= 15 is 0 Å². The molecule has 186 valence electrons. The molecule has 0 fully saturated rings. The van der Waals surface area contributed by atoms with E-state index in [1.807, 2.05) is 31.2 Å². The number of carbonyl (C=O) groups is 2. The number of carboxylic acids is 1. The van der Waals surface area contributed by atoms with Crippen LogP contribution in [0, 0.1) is 6.92 Å². The van der Waals surface area contributed by atoms with Gasteiger partial charge in [-0.3, -0.25) is 9.59 Å². The average molecular weight is 535 g/mol. The number of carboxylic acid groups (broad SMARTS) is 1. The largest absolute Gasteiger partial charge is 0.480 e. The first kappa shape index (κ1) is 27.1. The van der Waals surface area contributed by atoms with Crippen LogP contribution in [0.2, 0.25) is 10.0 Å². The van der Waals surface area contributed by atoms with Gasteiger partial charge in [-0.25, -0.2) is 4.98 Å². The maximum atomic E-state index is 13.1. The van der Waals surface area contributed by atoms with E-state index in [1.54, 1.807) is 32.0 Å². The van der Waals surface area contributed by atoms with Crippen LogP contribution in [0.15, 0.2) is 47.4 Å². The van der Waals surface area contributed by atoms with Crippen molar-refractivity contribution in [1.29, 1.82) is 0 Å². The topological polar surface area (TPSA) is 84.2 Å². The van der Waals surface area contributed by atoms with Gasteiger partial charge in [-0.05, 0) is 57.5 Å². The predicted molar refractivity (Wildman–Crippen MR) is 144 cm³/mol. The molecule has 0 atom stereocenters. The minimum absolute atomic E-state index is 0.327. The first-order valence-corrected chi connectivity index (χ1v) is 13.0. The second-order valence-corrected chi connectivity index (χ2v) is 11.3. The summed E-state index contributed by atoms with van der Waals surface area (Å²) < 4.78 is 1.13. The van der Waals surface area contributed by atoms with Gasteiger partial charge >= 0.3 is 5.97 Å². The molecule has 0 saturated heterocycles. The number of carbonyl (C=O) groups excluding carboxylic acids is 1. The van der Waals surface area contributed by atoms with Gasteiger partial charge in [-0.1, -0.05) is 55.1 Å². The van der Waals surface area contributed by atoms with Gasteiger partial charge in [0.15, 0.2) is 0 Å². The molecule has 9 heteroatoms. The molecule has 0 bridgehead atoms. The smallest absolute Gasteiger partial charge is 0.319 e. The minimum Gasteiger partial charge on any atom is -0.480 e. The summed E-state index contributed by atoms with van der Waals surface area (Å²) in [4.78, 5) is 30.2. The summed E-state index contributed by atoms with van der Waals surface area (Å²) in [6.07, 6.45) is 3.11. The van der Waals surface area contributed by atoms with Crippen molar-refractivity contribution in [3.8, 4) is 11.4 Å². The summed E-state index contributed by atoms with van der Waals surface area (Å²) in [7, 11) is 0. The number of rotatable bonds is 10. The number of unbranched alkanes of at least 4 members (excludes halogenated alkanes) is 2. The van der Waals surface area contributed by atoms with E-state index in [0.29, 0.717) is 27.3 Å². The fourth-order valence-corrected chi connectivity index (χ4v) is 4.95. The molecule has 1 aromatic heterocycles. The van der Waals surface area contributed by atoms with Crippen molar-refractivity contribution >= 4 is 52.5 Å². The number of imidazole rings is 1. The highest BCUT2D eigenvalue weighted by Crippen LogP contribution is 2.34. The molecule has 2 N–H and O–H groups in total. The maximum Gasteiger partial charge on any atom is 0.319 e. The van der Waals surface area contributed by atoms with Gasteiger partial charge in [0.25, 0.3) is 5.91 Å². The van der Waals surface area contributed by atoms with E-state index in [9.17, 15) is 14.7 Å². The molecule has 2 aromatic carbocycles. The maximum absolute atomic E-state index is 13.1. The Hall–Kier alpha value is -2.48. The zero-order valence-corrected chi connectivity index (χ0v) is 22.5. The predicted octanol–water partition coefficient (Wildman–Crippen LogP) is 7.56. The lowest BCUT2D eigenvalue weighted by Crippen LogP contribution is -2.26. The van der Waals surface area contributed by atoms with Crippen molar-refractivity contribution in [1.82, 2.24) is 9.55 Å². The lowest BCUT2D eigenvalue weighted by Gasteiger charge is -2.18. The number of aliphatic carboxylic acids is 1. The molecule has 0 aliphatic heterocycles. The van der Waals surface area contributed by atoms with Gasteiger partial charge in [0.2, 0.25) is 0 Å². The van der Waals surface area contributed by atoms with Crippen LogP contribution < -0.4 is 5.32 Å². The first-order valence-electron chi connectivity index (χ1n) is 11.4. The molecule has 1 heterocycles. The van der Waals surface area contributed by atoms with Gasteiger partial charge < -0.3 is 15.0 Å². The summed E-state index contributed by atoms with van der Waals surface area (Å²) in [5, 5.41) is 13.1. The summed E-state index contributed by atoms with van der Waals surface area (Å²) in [5.74, 6) is -0.525. The third-order valence-corrected chi connectivity index (χ3v) is 7.34. The molecule has 3 rings (SSSR count). The molecule has 0 saturated carbocycles. The van der Waals surface area contributed by atoms with Crippen LogP contribution in [0.4, 0.5) is 5.69 Å². The molecular formula is C26H29Cl2N3O3S. The number of hydrogen-bond donors (Lipinski definition) is 2. The van der Waals surface area contributed by atoms with Crippen molar-refractivity contribution in [3.05, 3.63) is 63.9 Å². The Labute approximate surface area is 220 Å². The van der Waals surface area contributed by atoms with Gasteiger partial charge in [0.05, 0.1) is 10.7 Å². The molecule has 0 unspecified atom stereocenters. The number of hydrogen-bond acceptors (Lipinski definition) is 4. The molecule has 1 amide bonds. The summed E-state index contributed by atoms with van der Waals surface area (Å²) in [6.45, 7) is 8.12. The number of anilines is 1. The van der Waals surface area contributed by atoms with Gasteiger partial charge in [0.1, 0.15) is 16.3 Å². The summed E-state index contributed by atoms with van der Waals surface area (Å²) in [5.41, 5.74) is 2.41. The van der Waals surface area contributed by atoms with E-state index in [-0.39, 0.29) is 5.91 Å². The van der Waals surface area contributed by atoms with Crippen LogP contribution in [-0.2, 0) is 11.3 Å². The highest BCUT2D eigenvalue weighted by Gasteiger charge is 2.28. The van der Waals surface area contributed by atoms with Crippen molar-refractivity contribution in [3.63, 3.8) is 0 Å². The second-order valence-electron chi connectivity index (χ2n) is 8.75. The second kappa shape index (κ2) is 11.5. The third-order valence-electron chi connectivity index (χ3n) is 5.60. The first-order chi connectivity index (χ1) is 16.5. The molecule has 0 aliphatic carbocycles. The zero-order valence-electron chi connectivity index (χ0n) is 20.2. The Balaban J connectivity index is 1.93. The van der Waals surface area contributed by atoms with Gasteiger partial charge in [-0.15, -0.1) is 11.8 Å². The van der Waals surface area contributed by atoms with E-state index in [1.165, 1.54) is 11.8 Å². The molecule has 6 nitrogen and oxygen atoms in total. The van der Waals surface area contributed by atoms with Crippen LogP contribution >= 0.6 is 35.0 Å². The van der Waals surface area contributed by atoms with Crippen molar-refractivity contribution in [2.45, 2.75) is 63.1 Å². The number of nitrogens with zero attached hydrogens (tertiary/aromatic N) is 2. The Bertz CT molecular complexity index is 1220. The van der Waals surface area contributed by atoms with Crippen LogP contribution in [-0.4, -0.2) is 31.3 Å². The quantitative estimate of drug-likeness (QED) is 0.207. The normalized spacial score (nSPS) is 11.5. The van der Waals surface area contributed by atoms with E-state index in [4.69, 9.17) is 28.2 Å². The monoisotopic (exact) mass is 533 g/mol. The van der Waals surface area contributed by atoms with Crippen LogP contribution in [0.25, 0.3) is 11.4 Å². The summed E-state index contributed by atoms with van der Waals surface area (Å²) in [6, 6.07) is 12.5. The lowest BCUT2D eigenvalue weighted by molar-refractivity contribution is -0.138. The number of nitrogens with one attached hydrogen (secondary N) is 1. The van der Waals surface area contributed by atoms with Gasteiger partial charge in [0, 0.05) is 27.7 Å². The standard InChI is InChI=1S/C26H29Cl2N3O3S/c1-5-6-7-14-31-16(2)22(24(32)29-21-13-10-18(27)15-20(21)28)30-23(31)17-8-11-19(12-9-17)35-26(3,4)25(33)34/h8-13,15H,5-7,14H2,1-4H3,(H,29,32)(H,33,34). The highest BCUT2D eigenvalue weighted by molar-refractivity contribution is 8.01. The molecule has 0 aliphatic rings. The highest BCUT2D eigenvalue weighted by atomic mass is 35.5. The number of thioether (sulfide) groups is 1. The molecule has 35 heavy (non-hydrogen) atoms. The number of halogens is 2. The van der Waals surface area contributed by atoms with Crippen LogP contribution in [0.1, 0.15) is 56.2 Å². The number of amides is 1. The number of aromatic nitrogens is 2. The van der Waals surface area contributed by atoms with Crippen LogP contribution in [0.5, 0.6) is 0 Å². The molecule has 3 aromatic rings. The third kappa shape index (κ3) is 6.60. The SMILES string of the molecule is CCCCCn1c(-c2ccc(SC(C)(C)C(=O)O)cc2)nc(C(=O)Nc2ccc(Cl)cc2Cl)c1C. The van der Waals surface area contributed by atoms with E-state index in [2.05, 4.69) is 16.8 Å². The van der Waals surface area contributed by atoms with E-state index < -0.39 is 10.7 Å². The van der Waals surface area contributed by atoms with Crippen molar-refractivity contribution in [2.75, 3.05) is 5.32 Å². The van der Waals surface area contributed by atoms with Crippen molar-refractivity contribution < 1.29 is 14.7 Å². The fraction of sp³-hybridized carbons (Fsp3) is 0.346. The Morgan fingerprint density at radius 1 is 1.11 bits per heavy atom. The van der Waals surface area contributed by atoms with Gasteiger partial charge in [-0.2, -0.15) is 0 Å². The lowest BCUT2D eigenvalue weighted by atomic mass is 10.2. The average Bonchev–Trinajstić information content (AvgIpc) is 3.12. The van der Waals surface area contributed by atoms with E-state index in [0.717, 1.165) is 42.0 Å². The van der Waals surface area contributed by atoms with Crippen LogP contribution in [0.3, 0.4) is 0 Å². The fourth-order valence-electron chi connectivity index (χ4n) is 3.55. The van der Waals surface area contributed by atoms with Crippen molar-refractivity contribution in [2.24, 2.45) is 0 Å². The molecular weight excluding hydrogens is 505 g/mol. The molecule has 0 radical (unpaired) electrons.